The summed E-state index contributed by atoms with van der Waals surface area (Å²) in [6.07, 6.45) is 5.36. The molecule has 0 N–H and O–H groups in total. The molecule has 0 saturated carbocycles. The largest absolute Gasteiger partial charge is 0.350 e. The van der Waals surface area contributed by atoms with Crippen LogP contribution in [0.1, 0.15) is 39.2 Å². The van der Waals surface area contributed by atoms with Gasteiger partial charge in [-0.3, -0.25) is 4.79 Å². The Kier molecular flexibility index (Phi) is 6.23. The van der Waals surface area contributed by atoms with Gasteiger partial charge in [0.1, 0.15) is 0 Å². The molecule has 0 aliphatic carbocycles. The van der Waals surface area contributed by atoms with Gasteiger partial charge in [0.25, 0.3) is 0 Å². The number of rotatable bonds is 4. The topological polar surface area (TPSA) is 35.5 Å². The molecule has 1 aliphatic heterocycles. The van der Waals surface area contributed by atoms with E-state index in [1.165, 1.54) is 6.92 Å². The molecule has 1 aliphatic rings. The van der Waals surface area contributed by atoms with Gasteiger partial charge in [-0.1, -0.05) is 47.9 Å². The summed E-state index contributed by atoms with van der Waals surface area (Å²) in [6.45, 7) is 6.35. The lowest BCUT2D eigenvalue weighted by molar-refractivity contribution is -0.284. The Hall–Kier alpha value is -1.60. The van der Waals surface area contributed by atoms with Crippen LogP contribution in [-0.4, -0.2) is 24.8 Å². The van der Waals surface area contributed by atoms with E-state index in [9.17, 15) is 4.79 Å². The summed E-state index contributed by atoms with van der Waals surface area (Å²) in [7, 11) is 0. The molecule has 1 aromatic rings. The van der Waals surface area contributed by atoms with Crippen molar-refractivity contribution in [2.45, 2.75) is 39.4 Å². The summed E-state index contributed by atoms with van der Waals surface area (Å²) in [5, 5.41) is 0.719. The lowest BCUT2D eigenvalue weighted by atomic mass is 9.81. The van der Waals surface area contributed by atoms with E-state index in [0.717, 1.165) is 17.0 Å². The monoisotopic (exact) mass is 346 g/mol. The summed E-state index contributed by atoms with van der Waals surface area (Å²) in [6, 6.07) is 7.70. The second-order valence-electron chi connectivity index (χ2n) is 6.64. The first kappa shape index (κ1) is 18.7. The van der Waals surface area contributed by atoms with Gasteiger partial charge in [-0.2, -0.15) is 0 Å². The standard InChI is InChI=1S/C20H23ClO3/c1-16(22)8-6-12-20(14-23-19(2,3)24-15-20)13-7-10-17-9-4-5-11-18(17)21/h4-5,7,9-11H,12-15H2,1-3H3/b10-7+. The fraction of sp³-hybridized carbons (Fsp3) is 0.450. The number of carbonyl (C=O) groups is 1. The van der Waals surface area contributed by atoms with Gasteiger partial charge < -0.3 is 9.47 Å². The molecule has 1 saturated heterocycles. The van der Waals surface area contributed by atoms with Crippen LogP contribution in [0.2, 0.25) is 5.02 Å². The molecule has 0 aromatic heterocycles. The van der Waals surface area contributed by atoms with E-state index >= 15 is 0 Å². The second kappa shape index (κ2) is 7.98. The molecule has 0 atom stereocenters. The first-order valence-electron chi connectivity index (χ1n) is 8.00. The third-order valence-corrected chi connectivity index (χ3v) is 4.28. The number of hydrogen-bond donors (Lipinski definition) is 0. The van der Waals surface area contributed by atoms with Crippen LogP contribution in [0.15, 0.2) is 30.3 Å². The summed E-state index contributed by atoms with van der Waals surface area (Å²) >= 11 is 6.18. The Labute approximate surface area is 149 Å². The van der Waals surface area contributed by atoms with Crippen LogP contribution in [0.5, 0.6) is 0 Å². The highest BCUT2D eigenvalue weighted by atomic mass is 35.5. The number of carbonyl (C=O) groups excluding carboxylic acids is 1. The second-order valence-corrected chi connectivity index (χ2v) is 7.05. The zero-order valence-corrected chi connectivity index (χ0v) is 15.2. The number of ether oxygens (including phenoxy) is 2. The number of ketones is 1. The van der Waals surface area contributed by atoms with Crippen LogP contribution < -0.4 is 0 Å². The van der Waals surface area contributed by atoms with Crippen molar-refractivity contribution in [1.29, 1.82) is 0 Å². The van der Waals surface area contributed by atoms with Gasteiger partial charge >= 0.3 is 0 Å². The third-order valence-electron chi connectivity index (χ3n) is 3.93. The van der Waals surface area contributed by atoms with Crippen LogP contribution in [0.3, 0.4) is 0 Å². The number of Topliss-reactive ketones (excluding diaryl/α,β-unsaturated/α-hetero) is 1. The van der Waals surface area contributed by atoms with E-state index in [0.29, 0.717) is 19.6 Å². The van der Waals surface area contributed by atoms with E-state index in [2.05, 4.69) is 17.9 Å². The van der Waals surface area contributed by atoms with Crippen molar-refractivity contribution >= 4 is 23.5 Å². The maximum Gasteiger partial charge on any atom is 0.202 e. The van der Waals surface area contributed by atoms with Gasteiger partial charge in [-0.25, -0.2) is 0 Å². The molecule has 1 heterocycles. The Morgan fingerprint density at radius 1 is 1.29 bits per heavy atom. The maximum absolute atomic E-state index is 11.1. The molecule has 0 unspecified atom stereocenters. The van der Waals surface area contributed by atoms with E-state index < -0.39 is 5.79 Å². The zero-order chi connectivity index (χ0) is 17.6. The third kappa shape index (κ3) is 5.49. The minimum Gasteiger partial charge on any atom is -0.350 e. The van der Waals surface area contributed by atoms with Crippen molar-refractivity contribution in [3.05, 3.63) is 40.9 Å². The van der Waals surface area contributed by atoms with E-state index in [4.69, 9.17) is 21.1 Å². The quantitative estimate of drug-likeness (QED) is 0.595. The predicted molar refractivity (Wildman–Crippen MR) is 96.6 cm³/mol. The Morgan fingerprint density at radius 3 is 2.58 bits per heavy atom. The van der Waals surface area contributed by atoms with Crippen molar-refractivity contribution in [2.24, 2.45) is 5.41 Å². The molecular weight excluding hydrogens is 324 g/mol. The minimum absolute atomic E-state index is 0.130. The Bertz CT molecular complexity index is 670. The van der Waals surface area contributed by atoms with Crippen molar-refractivity contribution in [3.63, 3.8) is 0 Å². The summed E-state index contributed by atoms with van der Waals surface area (Å²) in [5.41, 5.74) is 0.720. The van der Waals surface area contributed by atoms with Crippen molar-refractivity contribution in [2.75, 3.05) is 13.2 Å². The number of benzene rings is 1. The van der Waals surface area contributed by atoms with Crippen molar-refractivity contribution in [1.82, 2.24) is 0 Å². The molecule has 4 heteroatoms. The summed E-state index contributed by atoms with van der Waals surface area (Å²) < 4.78 is 11.7. The lowest BCUT2D eigenvalue weighted by Crippen LogP contribution is -2.46. The normalized spacial score (nSPS) is 18.8. The molecule has 3 nitrogen and oxygen atoms in total. The van der Waals surface area contributed by atoms with Gasteiger partial charge in [0.15, 0.2) is 5.79 Å². The lowest BCUT2D eigenvalue weighted by Gasteiger charge is -2.42. The van der Waals surface area contributed by atoms with Crippen molar-refractivity contribution in [3.8, 4) is 11.8 Å². The predicted octanol–water partition coefficient (Wildman–Crippen LogP) is 4.50. The van der Waals surface area contributed by atoms with Gasteiger partial charge in [-0.05, 0) is 37.8 Å². The summed E-state index contributed by atoms with van der Waals surface area (Å²) in [5.74, 6) is 4.86. The highest BCUT2D eigenvalue weighted by Crippen LogP contribution is 2.36. The molecule has 24 heavy (non-hydrogen) atoms. The van der Waals surface area contributed by atoms with Crippen LogP contribution in [0.4, 0.5) is 0 Å². The maximum atomic E-state index is 11.1. The van der Waals surface area contributed by atoms with E-state index in [1.54, 1.807) is 0 Å². The highest BCUT2D eigenvalue weighted by molar-refractivity contribution is 6.32. The van der Waals surface area contributed by atoms with Crippen molar-refractivity contribution < 1.29 is 14.3 Å². The molecule has 1 aromatic carbocycles. The molecule has 128 valence electrons. The molecule has 0 radical (unpaired) electrons. The van der Waals surface area contributed by atoms with Crippen LogP contribution >= 0.6 is 11.6 Å². The number of hydrogen-bond acceptors (Lipinski definition) is 3. The fourth-order valence-electron chi connectivity index (χ4n) is 2.43. The number of allylic oxidation sites excluding steroid dienone is 1. The number of halogens is 1. The highest BCUT2D eigenvalue weighted by Gasteiger charge is 2.38. The Morgan fingerprint density at radius 2 is 1.96 bits per heavy atom. The molecular formula is C20H23ClO3. The average molecular weight is 347 g/mol. The SMILES string of the molecule is CC(=O)C#CCC1(C/C=C/c2ccccc2Cl)COC(C)(C)OC1. The molecule has 0 spiro atoms. The fourth-order valence-corrected chi connectivity index (χ4v) is 2.63. The molecule has 1 fully saturated rings. The van der Waals surface area contributed by atoms with Crippen LogP contribution in [0, 0.1) is 17.3 Å². The first-order valence-corrected chi connectivity index (χ1v) is 8.38. The van der Waals surface area contributed by atoms with E-state index in [-0.39, 0.29) is 11.2 Å². The minimum atomic E-state index is -0.579. The smallest absolute Gasteiger partial charge is 0.202 e. The van der Waals surface area contributed by atoms with Gasteiger partial charge in [0.05, 0.1) is 13.2 Å². The molecule has 0 amide bonds. The van der Waals surface area contributed by atoms with Crippen LogP contribution in [-0.2, 0) is 14.3 Å². The van der Waals surface area contributed by atoms with Gasteiger partial charge in [0.2, 0.25) is 5.78 Å². The van der Waals surface area contributed by atoms with Crippen LogP contribution in [0.25, 0.3) is 6.08 Å². The average Bonchev–Trinajstić information content (AvgIpc) is 2.52. The molecule has 0 bridgehead atoms. The van der Waals surface area contributed by atoms with E-state index in [1.807, 2.05) is 44.2 Å². The molecule has 2 rings (SSSR count). The first-order chi connectivity index (χ1) is 11.3. The van der Waals surface area contributed by atoms with Gasteiger partial charge in [-0.15, -0.1) is 0 Å². The van der Waals surface area contributed by atoms with Gasteiger partial charge in [0, 0.05) is 23.8 Å². The summed E-state index contributed by atoms with van der Waals surface area (Å²) in [4.78, 5) is 11.1. The zero-order valence-electron chi connectivity index (χ0n) is 14.4. The Balaban J connectivity index is 2.10.